The molecular weight excluding hydrogens is 552 g/mol. The third-order valence-corrected chi connectivity index (χ3v) is 8.68. The van der Waals surface area contributed by atoms with Crippen LogP contribution in [0.1, 0.15) is 29.0 Å². The van der Waals surface area contributed by atoms with E-state index in [1.807, 2.05) is 60.7 Å². The van der Waals surface area contributed by atoms with Gasteiger partial charge in [0.05, 0.1) is 17.3 Å². The fourth-order valence-electron chi connectivity index (χ4n) is 6.61. The summed E-state index contributed by atoms with van der Waals surface area (Å²) < 4.78 is 2.37. The van der Waals surface area contributed by atoms with E-state index >= 15 is 0 Å². The van der Waals surface area contributed by atoms with Crippen molar-refractivity contribution in [2.45, 2.75) is 12.2 Å². The highest BCUT2D eigenvalue weighted by atomic mass is 15.2. The van der Waals surface area contributed by atoms with Gasteiger partial charge in [-0.05, 0) is 29.8 Å². The molecule has 0 spiro atoms. The van der Waals surface area contributed by atoms with Gasteiger partial charge in [0.25, 0.3) is 0 Å². The smallest absolute Gasteiger partial charge is 0.164 e. The Balaban J connectivity index is 1.23. The normalized spacial score (nSPS) is 16.4. The molecule has 214 valence electrons. The molecule has 0 amide bonds. The summed E-state index contributed by atoms with van der Waals surface area (Å²) in [6.45, 7) is 0. The number of aromatic nitrogens is 4. The number of hydrogen-bond acceptors (Lipinski definition) is 5. The Morgan fingerprint density at radius 1 is 0.578 bits per heavy atom. The lowest BCUT2D eigenvalue weighted by Crippen LogP contribution is -2.36. The van der Waals surface area contributed by atoms with Crippen molar-refractivity contribution < 1.29 is 0 Å². The van der Waals surface area contributed by atoms with Crippen molar-refractivity contribution >= 4 is 22.7 Å². The zero-order chi connectivity index (χ0) is 29.7. The summed E-state index contributed by atoms with van der Waals surface area (Å²) in [6, 6.07) is 46.0. The van der Waals surface area contributed by atoms with Crippen LogP contribution in [0, 0.1) is 0 Å². The standard InChI is InChI=1S/C39H28N6/c1-3-12-25(13-4-1)36-42-37(26-14-5-2-6-15-26)44-38(43-36)27-16-11-17-28(24-27)45-34-21-10-8-18-29(34)30-22-23-33-31-19-7-9-20-32(31)40-39(41-33)35(30)45/h1-24,33,39-41H. The molecule has 2 aromatic heterocycles. The molecule has 9 rings (SSSR count). The van der Waals surface area contributed by atoms with Gasteiger partial charge in [-0.3, -0.25) is 5.32 Å². The summed E-state index contributed by atoms with van der Waals surface area (Å²) in [5.41, 5.74) is 9.82. The second kappa shape index (κ2) is 10.4. The molecule has 2 unspecified atom stereocenters. The van der Waals surface area contributed by atoms with Gasteiger partial charge in [-0.1, -0.05) is 121 Å². The van der Waals surface area contributed by atoms with Gasteiger partial charge >= 0.3 is 0 Å². The van der Waals surface area contributed by atoms with Gasteiger partial charge < -0.3 is 9.88 Å². The van der Waals surface area contributed by atoms with Gasteiger partial charge in [0.15, 0.2) is 17.5 Å². The molecule has 0 radical (unpaired) electrons. The van der Waals surface area contributed by atoms with E-state index in [4.69, 9.17) is 15.0 Å². The molecule has 5 aromatic carbocycles. The third kappa shape index (κ3) is 4.34. The van der Waals surface area contributed by atoms with Crippen LogP contribution in [0.25, 0.3) is 56.8 Å². The number of fused-ring (bicyclic) bond motifs is 8. The minimum atomic E-state index is -0.0857. The molecule has 0 fully saturated rings. The van der Waals surface area contributed by atoms with Crippen LogP contribution in [0.3, 0.4) is 0 Å². The quantitative estimate of drug-likeness (QED) is 0.218. The lowest BCUT2D eigenvalue weighted by Gasteiger charge is -2.33. The molecule has 0 saturated heterocycles. The largest absolute Gasteiger partial charge is 0.364 e. The fraction of sp³-hybridized carbons (Fsp3) is 0.0513. The summed E-state index contributed by atoms with van der Waals surface area (Å²) in [6.07, 6.45) is 4.48. The number of para-hydroxylation sites is 2. The van der Waals surface area contributed by atoms with Crippen LogP contribution in [0.4, 0.5) is 5.69 Å². The number of nitrogens with zero attached hydrogens (tertiary/aromatic N) is 4. The first-order chi connectivity index (χ1) is 22.3. The number of benzene rings is 5. The lowest BCUT2D eigenvalue weighted by atomic mass is 10.0. The maximum atomic E-state index is 4.99. The predicted molar refractivity (Wildman–Crippen MR) is 181 cm³/mol. The molecular formula is C39H28N6. The van der Waals surface area contributed by atoms with Crippen LogP contribution in [-0.2, 0) is 0 Å². The summed E-state index contributed by atoms with van der Waals surface area (Å²) in [5, 5.41) is 8.85. The highest BCUT2D eigenvalue weighted by molar-refractivity contribution is 5.94. The van der Waals surface area contributed by atoms with Crippen LogP contribution in [-0.4, -0.2) is 19.5 Å². The first-order valence-electron chi connectivity index (χ1n) is 15.2. The second-order valence-corrected chi connectivity index (χ2v) is 11.4. The maximum Gasteiger partial charge on any atom is 0.164 e. The Labute approximate surface area is 260 Å². The predicted octanol–water partition coefficient (Wildman–Crippen LogP) is 8.60. The van der Waals surface area contributed by atoms with Crippen LogP contribution in [0.15, 0.2) is 140 Å². The molecule has 6 heteroatoms. The van der Waals surface area contributed by atoms with Gasteiger partial charge in [0, 0.05) is 39.0 Å². The van der Waals surface area contributed by atoms with Crippen molar-refractivity contribution in [3.8, 4) is 39.9 Å². The van der Waals surface area contributed by atoms with Crippen molar-refractivity contribution in [1.82, 2.24) is 24.8 Å². The number of hydrogen-bond donors (Lipinski definition) is 2. The van der Waals surface area contributed by atoms with Crippen LogP contribution < -0.4 is 10.6 Å². The van der Waals surface area contributed by atoms with Crippen LogP contribution >= 0.6 is 0 Å². The van der Waals surface area contributed by atoms with Crippen molar-refractivity contribution in [2.75, 3.05) is 5.32 Å². The van der Waals surface area contributed by atoms with Crippen LogP contribution in [0.5, 0.6) is 0 Å². The molecule has 2 aliphatic rings. The summed E-state index contributed by atoms with van der Waals surface area (Å²) in [5.74, 6) is 1.93. The molecule has 2 atom stereocenters. The van der Waals surface area contributed by atoms with Crippen molar-refractivity contribution in [2.24, 2.45) is 0 Å². The molecule has 45 heavy (non-hydrogen) atoms. The number of anilines is 1. The average Bonchev–Trinajstić information content (AvgIpc) is 3.37. The van der Waals surface area contributed by atoms with E-state index in [9.17, 15) is 0 Å². The van der Waals surface area contributed by atoms with E-state index in [2.05, 4.69) is 100 Å². The molecule has 6 nitrogen and oxygen atoms in total. The Kier molecular flexibility index (Phi) is 5.92. The first-order valence-corrected chi connectivity index (χ1v) is 15.2. The van der Waals surface area contributed by atoms with Gasteiger partial charge in [0.2, 0.25) is 0 Å². The van der Waals surface area contributed by atoms with E-state index in [1.165, 1.54) is 22.2 Å². The molecule has 2 N–H and O–H groups in total. The van der Waals surface area contributed by atoms with Crippen molar-refractivity contribution in [3.63, 3.8) is 0 Å². The Morgan fingerprint density at radius 2 is 1.20 bits per heavy atom. The maximum absolute atomic E-state index is 4.99. The number of nitrogens with one attached hydrogen (secondary N) is 2. The molecule has 0 aliphatic carbocycles. The summed E-state index contributed by atoms with van der Waals surface area (Å²) >= 11 is 0. The van der Waals surface area contributed by atoms with E-state index in [1.54, 1.807) is 0 Å². The minimum absolute atomic E-state index is 0.0857. The summed E-state index contributed by atoms with van der Waals surface area (Å²) in [7, 11) is 0. The van der Waals surface area contributed by atoms with Gasteiger partial charge in [-0.15, -0.1) is 0 Å². The van der Waals surface area contributed by atoms with Crippen molar-refractivity contribution in [3.05, 3.63) is 156 Å². The minimum Gasteiger partial charge on any atom is -0.364 e. The fourth-order valence-corrected chi connectivity index (χ4v) is 6.61. The first kappa shape index (κ1) is 25.6. The average molecular weight is 581 g/mol. The third-order valence-electron chi connectivity index (χ3n) is 8.68. The zero-order valence-electron chi connectivity index (χ0n) is 24.3. The van der Waals surface area contributed by atoms with E-state index in [0.717, 1.165) is 33.6 Å². The molecule has 0 saturated carbocycles. The second-order valence-electron chi connectivity index (χ2n) is 11.4. The molecule has 2 bridgehead atoms. The van der Waals surface area contributed by atoms with Crippen molar-refractivity contribution in [1.29, 1.82) is 0 Å². The number of rotatable bonds is 4. The molecule has 7 aromatic rings. The highest BCUT2D eigenvalue weighted by Crippen LogP contribution is 2.42. The van der Waals surface area contributed by atoms with E-state index in [0.29, 0.717) is 17.5 Å². The van der Waals surface area contributed by atoms with Gasteiger partial charge in [0.1, 0.15) is 6.17 Å². The van der Waals surface area contributed by atoms with Gasteiger partial charge in [-0.25, -0.2) is 15.0 Å². The van der Waals surface area contributed by atoms with Gasteiger partial charge in [-0.2, -0.15) is 0 Å². The Hall–Kier alpha value is -5.85. The Bertz CT molecular complexity index is 2180. The van der Waals surface area contributed by atoms with Crippen LogP contribution in [0.2, 0.25) is 0 Å². The molecule has 2 aliphatic heterocycles. The van der Waals surface area contributed by atoms with E-state index in [-0.39, 0.29) is 12.2 Å². The topological polar surface area (TPSA) is 67.7 Å². The summed E-state index contributed by atoms with van der Waals surface area (Å²) in [4.78, 5) is 14.9. The lowest BCUT2D eigenvalue weighted by molar-refractivity contribution is 0.507. The molecule has 4 heterocycles. The SMILES string of the molecule is C1=CC2NC(Nc3ccccc32)c2c1c1ccccc1n2-c1cccc(-c2nc(-c3ccccc3)nc(-c3ccccc3)n2)c1. The van der Waals surface area contributed by atoms with E-state index < -0.39 is 0 Å². The Morgan fingerprint density at radius 3 is 1.96 bits per heavy atom. The monoisotopic (exact) mass is 580 g/mol. The zero-order valence-corrected chi connectivity index (χ0v) is 24.3. The highest BCUT2D eigenvalue weighted by Gasteiger charge is 2.32.